The Balaban J connectivity index is 0.000000249. The smallest absolute Gasteiger partial charge is 0.333 e. The summed E-state index contributed by atoms with van der Waals surface area (Å²) in [6.07, 6.45) is 0. The summed E-state index contributed by atoms with van der Waals surface area (Å²) in [4.78, 5) is 10.4. The van der Waals surface area contributed by atoms with Crippen LogP contribution in [0.15, 0.2) is 48.6 Å². The van der Waals surface area contributed by atoms with Gasteiger partial charge in [0.15, 0.2) is 0 Å². The Kier molecular flexibility index (Phi) is 7.15. The van der Waals surface area contributed by atoms with Crippen LogP contribution in [0.3, 0.4) is 0 Å². The summed E-state index contributed by atoms with van der Waals surface area (Å²) in [5.74, 6) is -0.312. The number of hydrogen-bond donors (Lipinski definition) is 0. The number of carbonyl (C=O) groups is 1. The molecule has 2 heteroatoms. The number of carbonyl (C=O) groups excluding carboxylic acids is 1. The molecule has 0 fully saturated rings. The molecule has 0 heterocycles. The molecule has 0 saturated carbocycles. The van der Waals surface area contributed by atoms with Crippen molar-refractivity contribution in [3.05, 3.63) is 48.6 Å². The van der Waals surface area contributed by atoms with Gasteiger partial charge in [-0.25, -0.2) is 4.79 Å². The molecule has 0 aromatic heterocycles. The fourth-order valence-electron chi connectivity index (χ4n) is 0.639. The summed E-state index contributed by atoms with van der Waals surface area (Å²) in [6, 6.07) is 12.0. The van der Waals surface area contributed by atoms with Crippen molar-refractivity contribution in [2.24, 2.45) is 0 Å². The third-order valence-corrected chi connectivity index (χ3v) is 1.29. The Morgan fingerprint density at radius 3 is 1.64 bits per heavy atom. The van der Waals surface area contributed by atoms with Gasteiger partial charge in [0, 0.05) is 5.57 Å². The molecule has 0 aliphatic carbocycles. The van der Waals surface area contributed by atoms with Gasteiger partial charge in [-0.1, -0.05) is 43.0 Å². The molecular formula is C12H16O2. The molecule has 1 aromatic carbocycles. The Morgan fingerprint density at radius 1 is 1.14 bits per heavy atom. The molecule has 0 amide bonds. The number of rotatable bonds is 2. The third kappa shape index (κ3) is 7.10. The fraction of sp³-hybridized carbons (Fsp3) is 0.250. The Hall–Kier alpha value is -1.57. The highest BCUT2D eigenvalue weighted by Crippen LogP contribution is 1.89. The second-order valence-corrected chi connectivity index (χ2v) is 2.66. The first-order chi connectivity index (χ1) is 6.68. The number of esters is 1. The van der Waals surface area contributed by atoms with Crippen LogP contribution in [0, 0.1) is 0 Å². The van der Waals surface area contributed by atoms with Crippen molar-refractivity contribution < 1.29 is 9.53 Å². The van der Waals surface area contributed by atoms with Crippen molar-refractivity contribution in [1.82, 2.24) is 0 Å². The van der Waals surface area contributed by atoms with Crippen molar-refractivity contribution >= 4 is 5.97 Å². The molecule has 0 radical (unpaired) electrons. The van der Waals surface area contributed by atoms with Crippen LogP contribution in [-0.4, -0.2) is 12.6 Å². The minimum Gasteiger partial charge on any atom is -0.463 e. The molecule has 0 atom stereocenters. The van der Waals surface area contributed by atoms with E-state index in [-0.39, 0.29) is 5.97 Å². The van der Waals surface area contributed by atoms with Crippen molar-refractivity contribution in [2.75, 3.05) is 6.61 Å². The second kappa shape index (κ2) is 8.05. The summed E-state index contributed by atoms with van der Waals surface area (Å²) in [5.41, 5.74) is 0.451. The molecule has 76 valence electrons. The maximum Gasteiger partial charge on any atom is 0.333 e. The molecule has 0 unspecified atom stereocenters. The van der Waals surface area contributed by atoms with Gasteiger partial charge in [-0.15, -0.1) is 0 Å². The minimum atomic E-state index is -0.312. The van der Waals surface area contributed by atoms with E-state index in [9.17, 15) is 4.79 Å². The number of benzene rings is 1. The number of ether oxygens (including phenoxy) is 1. The van der Waals surface area contributed by atoms with Crippen LogP contribution in [-0.2, 0) is 9.53 Å². The maximum absolute atomic E-state index is 10.4. The van der Waals surface area contributed by atoms with E-state index in [0.717, 1.165) is 0 Å². The second-order valence-electron chi connectivity index (χ2n) is 2.66. The lowest BCUT2D eigenvalue weighted by Crippen LogP contribution is -2.03. The molecule has 2 nitrogen and oxygen atoms in total. The molecule has 0 aliphatic rings. The quantitative estimate of drug-likeness (QED) is 0.532. The van der Waals surface area contributed by atoms with Crippen molar-refractivity contribution in [3.63, 3.8) is 0 Å². The molecule has 0 spiro atoms. The number of hydrogen-bond acceptors (Lipinski definition) is 2. The zero-order valence-electron chi connectivity index (χ0n) is 8.69. The van der Waals surface area contributed by atoms with Gasteiger partial charge >= 0.3 is 5.97 Å². The van der Waals surface area contributed by atoms with Crippen molar-refractivity contribution in [3.8, 4) is 0 Å². The van der Waals surface area contributed by atoms with Crippen LogP contribution in [0.5, 0.6) is 0 Å². The highest BCUT2D eigenvalue weighted by Gasteiger charge is 1.98. The molecule has 1 rings (SSSR count). The zero-order valence-corrected chi connectivity index (χ0v) is 8.69. The van der Waals surface area contributed by atoms with Gasteiger partial charge in [-0.3, -0.25) is 0 Å². The fourth-order valence-corrected chi connectivity index (χ4v) is 0.639. The monoisotopic (exact) mass is 192 g/mol. The van der Waals surface area contributed by atoms with Crippen LogP contribution >= 0.6 is 0 Å². The van der Waals surface area contributed by atoms with Crippen LogP contribution in [0.4, 0.5) is 0 Å². The first-order valence-electron chi connectivity index (χ1n) is 4.51. The molecule has 14 heavy (non-hydrogen) atoms. The Morgan fingerprint density at radius 2 is 1.50 bits per heavy atom. The SMILES string of the molecule is C=C(C)C(=O)OCC.c1ccccc1. The van der Waals surface area contributed by atoms with E-state index >= 15 is 0 Å². The summed E-state index contributed by atoms with van der Waals surface area (Å²) in [7, 11) is 0. The molecular weight excluding hydrogens is 176 g/mol. The van der Waals surface area contributed by atoms with E-state index in [1.807, 2.05) is 36.4 Å². The van der Waals surface area contributed by atoms with Gasteiger partial charge < -0.3 is 4.74 Å². The van der Waals surface area contributed by atoms with Gasteiger partial charge in [-0.2, -0.15) is 0 Å². The predicted octanol–water partition coefficient (Wildman–Crippen LogP) is 2.81. The highest BCUT2D eigenvalue weighted by molar-refractivity contribution is 5.86. The summed E-state index contributed by atoms with van der Waals surface area (Å²) in [6.45, 7) is 7.21. The molecule has 0 saturated heterocycles. The largest absolute Gasteiger partial charge is 0.463 e. The molecule has 0 N–H and O–H groups in total. The molecule has 1 aromatic rings. The van der Waals surface area contributed by atoms with Gasteiger partial charge in [0.2, 0.25) is 0 Å². The standard InChI is InChI=1S/C6H10O2.C6H6/c1-4-8-6(7)5(2)3;1-2-4-6-5-3-1/h2,4H2,1,3H3;1-6H. The summed E-state index contributed by atoms with van der Waals surface area (Å²) >= 11 is 0. The average molecular weight is 192 g/mol. The summed E-state index contributed by atoms with van der Waals surface area (Å²) < 4.78 is 4.56. The molecule has 0 aliphatic heterocycles. The van der Waals surface area contributed by atoms with E-state index in [1.165, 1.54) is 0 Å². The normalized spacial score (nSPS) is 8.14. The lowest BCUT2D eigenvalue weighted by atomic mass is 10.4. The Labute approximate surface area is 85.2 Å². The van der Waals surface area contributed by atoms with Crippen LogP contribution < -0.4 is 0 Å². The topological polar surface area (TPSA) is 26.3 Å². The third-order valence-electron chi connectivity index (χ3n) is 1.29. The van der Waals surface area contributed by atoms with E-state index in [0.29, 0.717) is 12.2 Å². The minimum absolute atomic E-state index is 0.312. The van der Waals surface area contributed by atoms with E-state index < -0.39 is 0 Å². The first kappa shape index (κ1) is 12.4. The lowest BCUT2D eigenvalue weighted by molar-refractivity contribution is -0.138. The van der Waals surface area contributed by atoms with Gasteiger partial charge in [0.1, 0.15) is 0 Å². The van der Waals surface area contributed by atoms with E-state index in [2.05, 4.69) is 11.3 Å². The predicted molar refractivity (Wildman–Crippen MR) is 57.9 cm³/mol. The lowest BCUT2D eigenvalue weighted by Gasteiger charge is -1.96. The van der Waals surface area contributed by atoms with Crippen LogP contribution in [0.2, 0.25) is 0 Å². The highest BCUT2D eigenvalue weighted by atomic mass is 16.5. The van der Waals surface area contributed by atoms with Crippen LogP contribution in [0.25, 0.3) is 0 Å². The Bertz CT molecular complexity index is 238. The first-order valence-corrected chi connectivity index (χ1v) is 4.51. The zero-order chi connectivity index (χ0) is 10.8. The van der Waals surface area contributed by atoms with E-state index in [4.69, 9.17) is 0 Å². The van der Waals surface area contributed by atoms with E-state index in [1.54, 1.807) is 13.8 Å². The molecule has 0 bridgehead atoms. The van der Waals surface area contributed by atoms with Gasteiger partial charge in [0.25, 0.3) is 0 Å². The van der Waals surface area contributed by atoms with Gasteiger partial charge in [-0.05, 0) is 13.8 Å². The summed E-state index contributed by atoms with van der Waals surface area (Å²) in [5, 5.41) is 0. The average Bonchev–Trinajstić information content (AvgIpc) is 2.21. The van der Waals surface area contributed by atoms with Crippen LogP contribution in [0.1, 0.15) is 13.8 Å². The maximum atomic E-state index is 10.4. The van der Waals surface area contributed by atoms with Crippen molar-refractivity contribution in [1.29, 1.82) is 0 Å². The van der Waals surface area contributed by atoms with Gasteiger partial charge in [0.05, 0.1) is 6.61 Å². The van der Waals surface area contributed by atoms with Crippen molar-refractivity contribution in [2.45, 2.75) is 13.8 Å².